The first-order valence-electron chi connectivity index (χ1n) is 5.24. The zero-order chi connectivity index (χ0) is 9.54. The molecule has 2 heteroatoms. The van der Waals surface area contributed by atoms with E-state index in [1.807, 2.05) is 6.33 Å². The Hall–Kier alpha value is -1.31. The van der Waals surface area contributed by atoms with Gasteiger partial charge in [0.2, 0.25) is 0 Å². The smallest absolute Gasteiger partial charge is 0.0958 e. The molecule has 0 radical (unpaired) electrons. The maximum Gasteiger partial charge on any atom is 0.0958 e. The highest BCUT2D eigenvalue weighted by Gasteiger charge is 2.22. The minimum Gasteiger partial charge on any atom is -0.330 e. The normalized spacial score (nSPS) is 16.4. The van der Waals surface area contributed by atoms with Crippen molar-refractivity contribution in [3.63, 3.8) is 0 Å². The van der Waals surface area contributed by atoms with Gasteiger partial charge in [-0.3, -0.25) is 0 Å². The van der Waals surface area contributed by atoms with Gasteiger partial charge in [-0.2, -0.15) is 0 Å². The van der Waals surface area contributed by atoms with Crippen LogP contribution in [0.25, 0.3) is 11.0 Å². The summed E-state index contributed by atoms with van der Waals surface area (Å²) in [5.41, 5.74) is 3.70. The standard InChI is InChI=1S/C12H14N2/c1-9-2-5-12-11(6-9)13-8-14(12)7-10-3-4-10/h2,5-6,8,10H,3-4,7H2,1H3. The lowest BCUT2D eigenvalue weighted by Crippen LogP contribution is -1.97. The van der Waals surface area contributed by atoms with E-state index in [4.69, 9.17) is 0 Å². The van der Waals surface area contributed by atoms with Gasteiger partial charge in [0.05, 0.1) is 17.4 Å². The highest BCUT2D eigenvalue weighted by molar-refractivity contribution is 5.75. The van der Waals surface area contributed by atoms with Crippen molar-refractivity contribution in [2.24, 2.45) is 5.92 Å². The number of nitrogens with zero attached hydrogens (tertiary/aromatic N) is 2. The first-order chi connectivity index (χ1) is 6.83. The lowest BCUT2D eigenvalue weighted by atomic mass is 10.2. The average Bonchev–Trinajstić information content (AvgIpc) is 2.89. The molecule has 3 rings (SSSR count). The fourth-order valence-electron chi connectivity index (χ4n) is 1.90. The molecule has 0 amide bonds. The Morgan fingerprint density at radius 2 is 2.29 bits per heavy atom. The number of rotatable bonds is 2. The van der Waals surface area contributed by atoms with Crippen LogP contribution in [0, 0.1) is 12.8 Å². The molecule has 2 aromatic rings. The van der Waals surface area contributed by atoms with Crippen molar-refractivity contribution in [2.45, 2.75) is 26.3 Å². The molecule has 72 valence electrons. The van der Waals surface area contributed by atoms with E-state index >= 15 is 0 Å². The number of benzene rings is 1. The van der Waals surface area contributed by atoms with Crippen molar-refractivity contribution < 1.29 is 0 Å². The Morgan fingerprint density at radius 3 is 3.07 bits per heavy atom. The predicted octanol–water partition coefficient (Wildman–Crippen LogP) is 2.75. The van der Waals surface area contributed by atoms with Crippen molar-refractivity contribution in [3.8, 4) is 0 Å². The van der Waals surface area contributed by atoms with Crippen molar-refractivity contribution in [1.29, 1.82) is 0 Å². The molecule has 1 heterocycles. The second-order valence-electron chi connectivity index (χ2n) is 4.33. The van der Waals surface area contributed by atoms with E-state index in [1.54, 1.807) is 0 Å². The molecule has 1 aliphatic carbocycles. The largest absolute Gasteiger partial charge is 0.330 e. The van der Waals surface area contributed by atoms with Gasteiger partial charge >= 0.3 is 0 Å². The Bertz CT molecular complexity index is 466. The number of aromatic nitrogens is 2. The maximum atomic E-state index is 4.42. The summed E-state index contributed by atoms with van der Waals surface area (Å²) >= 11 is 0. The number of imidazole rings is 1. The highest BCUT2D eigenvalue weighted by atomic mass is 15.0. The van der Waals surface area contributed by atoms with Gasteiger partial charge in [-0.05, 0) is 43.4 Å². The van der Waals surface area contributed by atoms with E-state index < -0.39 is 0 Å². The first kappa shape index (κ1) is 8.04. The van der Waals surface area contributed by atoms with Crippen LogP contribution in [0.3, 0.4) is 0 Å². The van der Waals surface area contributed by atoms with Crippen LogP contribution in [0.2, 0.25) is 0 Å². The third-order valence-electron chi connectivity index (χ3n) is 2.93. The van der Waals surface area contributed by atoms with Crippen LogP contribution in [-0.4, -0.2) is 9.55 Å². The average molecular weight is 186 g/mol. The van der Waals surface area contributed by atoms with Gasteiger partial charge in [0.25, 0.3) is 0 Å². The third kappa shape index (κ3) is 1.31. The van der Waals surface area contributed by atoms with Crippen molar-refractivity contribution in [3.05, 3.63) is 30.1 Å². The quantitative estimate of drug-likeness (QED) is 0.705. The van der Waals surface area contributed by atoms with Crippen molar-refractivity contribution >= 4 is 11.0 Å². The Balaban J connectivity index is 2.06. The van der Waals surface area contributed by atoms with Gasteiger partial charge in [0.1, 0.15) is 0 Å². The van der Waals surface area contributed by atoms with Crippen LogP contribution in [0.15, 0.2) is 24.5 Å². The molecule has 0 bridgehead atoms. The molecule has 0 saturated heterocycles. The predicted molar refractivity (Wildman–Crippen MR) is 57.2 cm³/mol. The van der Waals surface area contributed by atoms with E-state index in [1.165, 1.54) is 23.9 Å². The molecule has 0 atom stereocenters. The number of fused-ring (bicyclic) bond motifs is 1. The van der Waals surface area contributed by atoms with Crippen LogP contribution in [0.1, 0.15) is 18.4 Å². The Morgan fingerprint density at radius 1 is 1.43 bits per heavy atom. The second-order valence-corrected chi connectivity index (χ2v) is 4.33. The van der Waals surface area contributed by atoms with Gasteiger partial charge in [-0.15, -0.1) is 0 Å². The summed E-state index contributed by atoms with van der Waals surface area (Å²) in [6.45, 7) is 3.26. The molecule has 0 unspecified atom stereocenters. The van der Waals surface area contributed by atoms with Crippen LogP contribution in [-0.2, 0) is 6.54 Å². The maximum absolute atomic E-state index is 4.42. The zero-order valence-electron chi connectivity index (χ0n) is 8.40. The van der Waals surface area contributed by atoms with Crippen molar-refractivity contribution in [1.82, 2.24) is 9.55 Å². The molecule has 1 aromatic carbocycles. The van der Waals surface area contributed by atoms with E-state index in [0.29, 0.717) is 0 Å². The molecular formula is C12H14N2. The van der Waals surface area contributed by atoms with Crippen LogP contribution >= 0.6 is 0 Å². The van der Waals surface area contributed by atoms with Crippen LogP contribution in [0.5, 0.6) is 0 Å². The summed E-state index contributed by atoms with van der Waals surface area (Å²) in [4.78, 5) is 4.42. The van der Waals surface area contributed by atoms with Gasteiger partial charge in [0, 0.05) is 6.54 Å². The SMILES string of the molecule is Cc1ccc2c(c1)ncn2CC1CC1. The summed E-state index contributed by atoms with van der Waals surface area (Å²) in [7, 11) is 0. The summed E-state index contributed by atoms with van der Waals surface area (Å²) in [5, 5.41) is 0. The van der Waals surface area contributed by atoms with Crippen LogP contribution in [0.4, 0.5) is 0 Å². The molecule has 0 spiro atoms. The lowest BCUT2D eigenvalue weighted by Gasteiger charge is -2.01. The fraction of sp³-hybridized carbons (Fsp3) is 0.417. The van der Waals surface area contributed by atoms with Crippen LogP contribution < -0.4 is 0 Å². The zero-order valence-corrected chi connectivity index (χ0v) is 8.40. The van der Waals surface area contributed by atoms with Crippen molar-refractivity contribution in [2.75, 3.05) is 0 Å². The van der Waals surface area contributed by atoms with E-state index in [-0.39, 0.29) is 0 Å². The second kappa shape index (κ2) is 2.84. The number of hydrogen-bond acceptors (Lipinski definition) is 1. The summed E-state index contributed by atoms with van der Waals surface area (Å²) in [6.07, 6.45) is 4.76. The number of hydrogen-bond donors (Lipinski definition) is 0. The molecule has 1 aromatic heterocycles. The fourth-order valence-corrected chi connectivity index (χ4v) is 1.90. The van der Waals surface area contributed by atoms with E-state index in [0.717, 1.165) is 18.0 Å². The van der Waals surface area contributed by atoms with Gasteiger partial charge in [-0.25, -0.2) is 4.98 Å². The Kier molecular flexibility index (Phi) is 1.63. The first-order valence-corrected chi connectivity index (χ1v) is 5.24. The van der Waals surface area contributed by atoms with E-state index in [2.05, 4.69) is 34.7 Å². The molecule has 0 N–H and O–H groups in total. The molecular weight excluding hydrogens is 172 g/mol. The molecule has 2 nitrogen and oxygen atoms in total. The van der Waals surface area contributed by atoms with Gasteiger partial charge in [-0.1, -0.05) is 6.07 Å². The summed E-state index contributed by atoms with van der Waals surface area (Å²) in [5.74, 6) is 0.911. The third-order valence-corrected chi connectivity index (χ3v) is 2.93. The Labute approximate surface area is 83.6 Å². The minimum atomic E-state index is 0.911. The molecule has 14 heavy (non-hydrogen) atoms. The minimum absolute atomic E-state index is 0.911. The molecule has 1 saturated carbocycles. The number of aryl methyl sites for hydroxylation is 1. The highest BCUT2D eigenvalue weighted by Crippen LogP contribution is 2.31. The summed E-state index contributed by atoms with van der Waals surface area (Å²) in [6, 6.07) is 6.49. The monoisotopic (exact) mass is 186 g/mol. The lowest BCUT2D eigenvalue weighted by molar-refractivity contribution is 0.642. The van der Waals surface area contributed by atoms with Gasteiger partial charge in [0.15, 0.2) is 0 Å². The summed E-state index contributed by atoms with van der Waals surface area (Å²) < 4.78 is 2.28. The molecule has 1 aliphatic rings. The van der Waals surface area contributed by atoms with E-state index in [9.17, 15) is 0 Å². The topological polar surface area (TPSA) is 17.8 Å². The molecule has 0 aliphatic heterocycles. The van der Waals surface area contributed by atoms with Gasteiger partial charge < -0.3 is 4.57 Å². The molecule has 1 fully saturated rings.